The van der Waals surface area contributed by atoms with Crippen molar-refractivity contribution in [1.82, 2.24) is 0 Å². The van der Waals surface area contributed by atoms with Crippen LogP contribution in [0.15, 0.2) is 64.2 Å². The lowest BCUT2D eigenvalue weighted by atomic mass is 9.84. The molecular formula is C16H14N2O2. The quantitative estimate of drug-likeness (QED) is 0.657. The number of nitrogens with zero attached hydrogens (tertiary/aromatic N) is 2. The Kier molecular flexibility index (Phi) is 2.39. The molecule has 20 heavy (non-hydrogen) atoms. The van der Waals surface area contributed by atoms with Crippen molar-refractivity contribution in [3.63, 3.8) is 0 Å². The number of aliphatic hydroxyl groups is 1. The van der Waals surface area contributed by atoms with E-state index in [4.69, 9.17) is 0 Å². The summed E-state index contributed by atoms with van der Waals surface area (Å²) >= 11 is 0. The van der Waals surface area contributed by atoms with Gasteiger partial charge in [-0.25, -0.2) is 0 Å². The summed E-state index contributed by atoms with van der Waals surface area (Å²) in [4.78, 5) is 12.4. The van der Waals surface area contributed by atoms with Gasteiger partial charge in [0, 0.05) is 11.8 Å². The van der Waals surface area contributed by atoms with Crippen molar-refractivity contribution in [1.29, 1.82) is 0 Å². The van der Waals surface area contributed by atoms with Crippen molar-refractivity contribution >= 4 is 11.5 Å². The fraction of sp³-hybridized carbons (Fsp3) is 0.312. The molecule has 100 valence electrons. The number of azo groups is 1. The van der Waals surface area contributed by atoms with Gasteiger partial charge in [-0.1, -0.05) is 30.4 Å². The molecule has 4 nitrogen and oxygen atoms in total. The van der Waals surface area contributed by atoms with Crippen LogP contribution in [0.1, 0.15) is 6.42 Å². The van der Waals surface area contributed by atoms with E-state index in [1.807, 2.05) is 30.3 Å². The zero-order valence-electron chi connectivity index (χ0n) is 10.8. The highest BCUT2D eigenvalue weighted by Gasteiger charge is 2.55. The highest BCUT2D eigenvalue weighted by atomic mass is 16.3. The first-order valence-electron chi connectivity index (χ1n) is 6.88. The normalized spacial score (nSPS) is 34.5. The number of ketones is 1. The molecule has 4 atom stereocenters. The molecule has 4 unspecified atom stereocenters. The third kappa shape index (κ3) is 1.51. The average molecular weight is 266 g/mol. The van der Waals surface area contributed by atoms with Gasteiger partial charge in [0.25, 0.3) is 0 Å². The van der Waals surface area contributed by atoms with Crippen molar-refractivity contribution < 1.29 is 9.90 Å². The first kappa shape index (κ1) is 11.6. The lowest BCUT2D eigenvalue weighted by Gasteiger charge is -2.18. The van der Waals surface area contributed by atoms with Crippen LogP contribution in [-0.2, 0) is 4.79 Å². The van der Waals surface area contributed by atoms with E-state index in [0.29, 0.717) is 11.6 Å². The molecule has 0 radical (unpaired) electrons. The number of rotatable bonds is 2. The van der Waals surface area contributed by atoms with Crippen molar-refractivity contribution in [2.45, 2.75) is 6.42 Å². The molecule has 0 aromatic heterocycles. The molecular weight excluding hydrogens is 252 g/mol. The first-order valence-corrected chi connectivity index (χ1v) is 6.88. The van der Waals surface area contributed by atoms with Gasteiger partial charge in [0.2, 0.25) is 0 Å². The fourth-order valence-corrected chi connectivity index (χ4v) is 3.70. The molecule has 0 aliphatic heterocycles. The summed E-state index contributed by atoms with van der Waals surface area (Å²) in [5.74, 6) is 0.458. The second kappa shape index (κ2) is 4.13. The van der Waals surface area contributed by atoms with E-state index < -0.39 is 0 Å². The molecule has 1 aromatic carbocycles. The first-order chi connectivity index (χ1) is 9.75. The van der Waals surface area contributed by atoms with Gasteiger partial charge in [-0.3, -0.25) is 4.79 Å². The molecule has 4 rings (SSSR count). The highest BCUT2D eigenvalue weighted by molar-refractivity contribution is 6.01. The zero-order chi connectivity index (χ0) is 13.7. The molecule has 0 saturated heterocycles. The standard InChI is InChI=1S/C16H14N2O2/c19-15-12-9-6-7-10(8-9)13(12)16(20)14(15)18-17-11-4-2-1-3-5-11/h1-7,9-10,12-13,19H,8H2. The average Bonchev–Trinajstić information content (AvgIpc) is 3.13. The van der Waals surface area contributed by atoms with Crippen molar-refractivity contribution in [3.8, 4) is 0 Å². The maximum absolute atomic E-state index is 12.4. The largest absolute Gasteiger partial charge is 0.510 e. The predicted octanol–water partition coefficient (Wildman–Crippen LogP) is 3.56. The van der Waals surface area contributed by atoms with Crippen LogP contribution in [0.25, 0.3) is 0 Å². The second-order valence-corrected chi connectivity index (χ2v) is 5.63. The molecule has 3 aliphatic rings. The SMILES string of the molecule is O=C1C(N=Nc2ccccc2)=C(O)C2C3C=CC(C3)C12. The number of fused-ring (bicyclic) bond motifs is 5. The smallest absolute Gasteiger partial charge is 0.190 e. The number of aliphatic hydroxyl groups excluding tert-OH is 1. The van der Waals surface area contributed by atoms with Gasteiger partial charge < -0.3 is 5.11 Å². The minimum absolute atomic E-state index is 0.0518. The summed E-state index contributed by atoms with van der Waals surface area (Å²) in [6.45, 7) is 0. The van der Waals surface area contributed by atoms with Crippen LogP contribution in [0, 0.1) is 23.7 Å². The lowest BCUT2D eigenvalue weighted by molar-refractivity contribution is -0.119. The molecule has 0 amide bonds. The number of carbonyl (C=O) groups is 1. The Bertz CT molecular complexity index is 660. The van der Waals surface area contributed by atoms with Gasteiger partial charge in [-0.05, 0) is 30.4 Å². The van der Waals surface area contributed by atoms with E-state index in [1.165, 1.54) is 0 Å². The van der Waals surface area contributed by atoms with E-state index in [0.717, 1.165) is 6.42 Å². The molecule has 3 aliphatic carbocycles. The number of hydrogen-bond acceptors (Lipinski definition) is 4. The minimum atomic E-state index is -0.116. The van der Waals surface area contributed by atoms with E-state index >= 15 is 0 Å². The third-order valence-corrected chi connectivity index (χ3v) is 4.58. The van der Waals surface area contributed by atoms with Crippen molar-refractivity contribution in [3.05, 3.63) is 53.9 Å². The molecule has 1 N–H and O–H groups in total. The van der Waals surface area contributed by atoms with Crippen LogP contribution in [0.4, 0.5) is 5.69 Å². The van der Waals surface area contributed by atoms with E-state index in [1.54, 1.807) is 0 Å². The molecule has 4 heteroatoms. The number of carbonyl (C=O) groups excluding carboxylic acids is 1. The molecule has 2 bridgehead atoms. The Morgan fingerprint density at radius 3 is 2.40 bits per heavy atom. The van der Waals surface area contributed by atoms with Gasteiger partial charge in [0.1, 0.15) is 5.76 Å². The van der Waals surface area contributed by atoms with Crippen LogP contribution < -0.4 is 0 Å². The Morgan fingerprint density at radius 2 is 1.70 bits per heavy atom. The summed E-state index contributed by atoms with van der Waals surface area (Å²) in [5.41, 5.74) is 0.834. The van der Waals surface area contributed by atoms with E-state index in [-0.39, 0.29) is 35.0 Å². The highest BCUT2D eigenvalue weighted by Crippen LogP contribution is 2.55. The molecule has 1 fully saturated rings. The summed E-state index contributed by atoms with van der Waals surface area (Å²) in [6, 6.07) is 9.24. The van der Waals surface area contributed by atoms with Crippen LogP contribution in [0.5, 0.6) is 0 Å². The van der Waals surface area contributed by atoms with E-state index in [2.05, 4.69) is 22.4 Å². The monoisotopic (exact) mass is 266 g/mol. The predicted molar refractivity (Wildman–Crippen MR) is 73.3 cm³/mol. The van der Waals surface area contributed by atoms with Gasteiger partial charge in [0.15, 0.2) is 11.5 Å². The van der Waals surface area contributed by atoms with Crippen molar-refractivity contribution in [2.24, 2.45) is 33.9 Å². The summed E-state index contributed by atoms with van der Waals surface area (Å²) in [6.07, 6.45) is 5.20. The van der Waals surface area contributed by atoms with Crippen molar-refractivity contribution in [2.75, 3.05) is 0 Å². The number of allylic oxidation sites excluding steroid dienone is 4. The Morgan fingerprint density at radius 1 is 1.00 bits per heavy atom. The Hall–Kier alpha value is -2.23. The summed E-state index contributed by atoms with van der Waals surface area (Å²) < 4.78 is 0. The van der Waals surface area contributed by atoms with Gasteiger partial charge >= 0.3 is 0 Å². The maximum atomic E-state index is 12.4. The minimum Gasteiger partial charge on any atom is -0.510 e. The third-order valence-electron chi connectivity index (χ3n) is 4.58. The van der Waals surface area contributed by atoms with Gasteiger partial charge in [-0.15, -0.1) is 5.11 Å². The molecule has 1 saturated carbocycles. The second-order valence-electron chi connectivity index (χ2n) is 5.63. The van der Waals surface area contributed by atoms with Crippen LogP contribution in [0.2, 0.25) is 0 Å². The van der Waals surface area contributed by atoms with Crippen LogP contribution >= 0.6 is 0 Å². The van der Waals surface area contributed by atoms with Crippen LogP contribution in [-0.4, -0.2) is 10.9 Å². The summed E-state index contributed by atoms with van der Waals surface area (Å²) in [7, 11) is 0. The number of hydrogen-bond donors (Lipinski definition) is 1. The molecule has 0 spiro atoms. The van der Waals surface area contributed by atoms with E-state index in [9.17, 15) is 9.90 Å². The lowest BCUT2D eigenvalue weighted by Crippen LogP contribution is -2.22. The number of benzene rings is 1. The molecule has 1 aromatic rings. The Labute approximate surface area is 116 Å². The van der Waals surface area contributed by atoms with Gasteiger partial charge in [-0.2, -0.15) is 5.11 Å². The summed E-state index contributed by atoms with van der Waals surface area (Å²) in [5, 5.41) is 18.4. The molecule has 0 heterocycles. The number of Topliss-reactive ketones (excluding diaryl/α,β-unsaturated/α-hetero) is 1. The fourth-order valence-electron chi connectivity index (χ4n) is 3.70. The maximum Gasteiger partial charge on any atom is 0.190 e. The van der Waals surface area contributed by atoms with Crippen LogP contribution in [0.3, 0.4) is 0 Å². The zero-order valence-corrected chi connectivity index (χ0v) is 10.8. The topological polar surface area (TPSA) is 62.0 Å². The Balaban J connectivity index is 1.66. The van der Waals surface area contributed by atoms with Gasteiger partial charge in [0.05, 0.1) is 5.69 Å².